The first-order chi connectivity index (χ1) is 9.45. The van der Waals surface area contributed by atoms with Gasteiger partial charge in [-0.25, -0.2) is 12.7 Å². The Hall–Kier alpha value is -0.860. The highest BCUT2D eigenvalue weighted by Crippen LogP contribution is 1.98. The molecule has 20 heavy (non-hydrogen) atoms. The molecule has 0 aliphatic carbocycles. The van der Waals surface area contributed by atoms with Crippen LogP contribution in [0.5, 0.6) is 0 Å². The largest absolute Gasteiger partial charge is 0.385 e. The lowest BCUT2D eigenvalue weighted by atomic mass is 10.4. The van der Waals surface area contributed by atoms with Gasteiger partial charge in [-0.15, -0.1) is 0 Å². The minimum atomic E-state index is -3.10. The van der Waals surface area contributed by atoms with Crippen LogP contribution in [-0.4, -0.2) is 71.9 Å². The number of hydrogen-bond donors (Lipinski definition) is 2. The van der Waals surface area contributed by atoms with Crippen molar-refractivity contribution in [2.24, 2.45) is 4.99 Å². The van der Waals surface area contributed by atoms with Gasteiger partial charge in [0.25, 0.3) is 0 Å². The Bertz CT molecular complexity index is 371. The Balaban J connectivity index is 3.86. The number of sulfonamides is 1. The van der Waals surface area contributed by atoms with Gasteiger partial charge in [-0.05, 0) is 12.8 Å². The van der Waals surface area contributed by atoms with Crippen LogP contribution in [0.3, 0.4) is 0 Å². The van der Waals surface area contributed by atoms with Crippen molar-refractivity contribution in [3.63, 3.8) is 0 Å². The van der Waals surface area contributed by atoms with Gasteiger partial charge < -0.3 is 15.4 Å². The minimum absolute atomic E-state index is 0.503. The zero-order valence-corrected chi connectivity index (χ0v) is 13.8. The first-order valence-electron chi connectivity index (χ1n) is 6.84. The summed E-state index contributed by atoms with van der Waals surface area (Å²) in [5, 5.41) is 6.32. The summed E-state index contributed by atoms with van der Waals surface area (Å²) >= 11 is 0. The molecule has 0 saturated carbocycles. The van der Waals surface area contributed by atoms with Gasteiger partial charge in [0.2, 0.25) is 10.0 Å². The monoisotopic (exact) mass is 308 g/mol. The second-order valence-electron chi connectivity index (χ2n) is 4.38. The molecule has 0 radical (unpaired) electrons. The van der Waals surface area contributed by atoms with Crippen LogP contribution in [0.4, 0.5) is 0 Å². The van der Waals surface area contributed by atoms with Gasteiger partial charge in [0.1, 0.15) is 0 Å². The quantitative estimate of drug-likeness (QED) is 0.333. The zero-order valence-electron chi connectivity index (χ0n) is 13.0. The van der Waals surface area contributed by atoms with Gasteiger partial charge in [0, 0.05) is 46.9 Å². The normalized spacial score (nSPS) is 12.8. The van der Waals surface area contributed by atoms with Crippen molar-refractivity contribution < 1.29 is 13.2 Å². The first kappa shape index (κ1) is 19.1. The zero-order chi connectivity index (χ0) is 15.4. The summed E-state index contributed by atoms with van der Waals surface area (Å²) in [7, 11) is 0.288. The number of nitrogens with one attached hydrogen (secondary N) is 2. The molecule has 120 valence electrons. The Kier molecular flexibility index (Phi) is 10.4. The molecule has 0 aromatic rings. The fourth-order valence-electron chi connectivity index (χ4n) is 1.66. The molecule has 7 nitrogen and oxygen atoms in total. The molecule has 0 saturated heterocycles. The molecule has 0 atom stereocenters. The van der Waals surface area contributed by atoms with Gasteiger partial charge in [-0.3, -0.25) is 4.99 Å². The molecular formula is C12H28N4O3S. The van der Waals surface area contributed by atoms with E-state index in [9.17, 15) is 8.42 Å². The second kappa shape index (κ2) is 10.9. The second-order valence-corrected chi connectivity index (χ2v) is 6.36. The van der Waals surface area contributed by atoms with E-state index < -0.39 is 10.0 Å². The van der Waals surface area contributed by atoms with E-state index in [1.54, 1.807) is 14.2 Å². The summed E-state index contributed by atoms with van der Waals surface area (Å²) in [6.07, 6.45) is 2.88. The molecule has 0 fully saturated rings. The van der Waals surface area contributed by atoms with Crippen LogP contribution >= 0.6 is 0 Å². The van der Waals surface area contributed by atoms with Crippen LogP contribution in [0.15, 0.2) is 4.99 Å². The van der Waals surface area contributed by atoms with Crippen LogP contribution in [0.2, 0.25) is 0 Å². The molecule has 0 unspecified atom stereocenters. The van der Waals surface area contributed by atoms with E-state index in [0.29, 0.717) is 26.2 Å². The van der Waals surface area contributed by atoms with E-state index in [4.69, 9.17) is 4.74 Å². The topological polar surface area (TPSA) is 83.0 Å². The molecule has 8 heteroatoms. The minimum Gasteiger partial charge on any atom is -0.385 e. The lowest BCUT2D eigenvalue weighted by molar-refractivity contribution is 0.195. The highest BCUT2D eigenvalue weighted by Gasteiger charge is 2.13. The molecule has 0 amide bonds. The summed E-state index contributed by atoms with van der Waals surface area (Å²) < 4.78 is 29.2. The van der Waals surface area contributed by atoms with E-state index in [2.05, 4.69) is 15.6 Å². The maximum atomic E-state index is 11.4. The Morgan fingerprint density at radius 2 is 1.85 bits per heavy atom. The molecule has 0 aliphatic rings. The predicted octanol–water partition coefficient (Wildman–Crippen LogP) is -0.140. The smallest absolute Gasteiger partial charge is 0.211 e. The number of rotatable bonds is 10. The third kappa shape index (κ3) is 9.11. The molecule has 0 heterocycles. The summed E-state index contributed by atoms with van der Waals surface area (Å²) in [4.78, 5) is 4.09. The lowest BCUT2D eigenvalue weighted by Gasteiger charge is -2.18. The Morgan fingerprint density at radius 3 is 2.30 bits per heavy atom. The van der Waals surface area contributed by atoms with E-state index in [0.717, 1.165) is 25.3 Å². The summed E-state index contributed by atoms with van der Waals surface area (Å²) in [5.74, 6) is 0.725. The van der Waals surface area contributed by atoms with Crippen LogP contribution < -0.4 is 10.6 Å². The number of guanidine groups is 1. The van der Waals surface area contributed by atoms with E-state index >= 15 is 0 Å². The van der Waals surface area contributed by atoms with Crippen LogP contribution in [0, 0.1) is 0 Å². The Morgan fingerprint density at radius 1 is 1.25 bits per heavy atom. The van der Waals surface area contributed by atoms with E-state index in [-0.39, 0.29) is 0 Å². The van der Waals surface area contributed by atoms with Crippen molar-refractivity contribution in [1.82, 2.24) is 14.9 Å². The number of aliphatic imine (C=N–C) groups is 1. The molecule has 0 bridgehead atoms. The third-order valence-corrected chi connectivity index (χ3v) is 4.12. The van der Waals surface area contributed by atoms with Crippen molar-refractivity contribution in [3.8, 4) is 0 Å². The molecule has 0 aromatic heterocycles. The maximum absolute atomic E-state index is 11.4. The summed E-state index contributed by atoms with van der Waals surface area (Å²) in [5.41, 5.74) is 0. The summed E-state index contributed by atoms with van der Waals surface area (Å²) in [6, 6.07) is 0. The van der Waals surface area contributed by atoms with Crippen LogP contribution in [0.1, 0.15) is 19.8 Å². The molecule has 2 N–H and O–H groups in total. The molecule has 0 aliphatic heterocycles. The van der Waals surface area contributed by atoms with Gasteiger partial charge >= 0.3 is 0 Å². The highest BCUT2D eigenvalue weighted by atomic mass is 32.2. The van der Waals surface area contributed by atoms with Gasteiger partial charge in [-0.2, -0.15) is 0 Å². The predicted molar refractivity (Wildman–Crippen MR) is 82.6 cm³/mol. The van der Waals surface area contributed by atoms with E-state index in [1.807, 2.05) is 6.92 Å². The van der Waals surface area contributed by atoms with Gasteiger partial charge in [0.05, 0.1) is 6.26 Å². The number of nitrogens with zero attached hydrogens (tertiary/aromatic N) is 2. The van der Waals surface area contributed by atoms with E-state index in [1.165, 1.54) is 10.6 Å². The highest BCUT2D eigenvalue weighted by molar-refractivity contribution is 7.88. The summed E-state index contributed by atoms with van der Waals surface area (Å²) in [6.45, 7) is 5.04. The molecular weight excluding hydrogens is 280 g/mol. The fraction of sp³-hybridized carbons (Fsp3) is 0.917. The number of methoxy groups -OCH3 is 1. The van der Waals surface area contributed by atoms with Crippen LogP contribution in [-0.2, 0) is 14.8 Å². The third-order valence-electron chi connectivity index (χ3n) is 2.74. The SMILES string of the molecule is CCN(CCCNC(=NC)NCCCOC)S(C)(=O)=O. The van der Waals surface area contributed by atoms with Crippen LogP contribution in [0.25, 0.3) is 0 Å². The molecule has 0 rings (SSSR count). The van der Waals surface area contributed by atoms with Crippen molar-refractivity contribution in [1.29, 1.82) is 0 Å². The van der Waals surface area contributed by atoms with Crippen molar-refractivity contribution in [2.45, 2.75) is 19.8 Å². The Labute approximate surface area is 122 Å². The fourth-order valence-corrected chi connectivity index (χ4v) is 2.59. The first-order valence-corrected chi connectivity index (χ1v) is 8.69. The average Bonchev–Trinajstić information content (AvgIpc) is 2.39. The maximum Gasteiger partial charge on any atom is 0.211 e. The van der Waals surface area contributed by atoms with Gasteiger partial charge in [0.15, 0.2) is 5.96 Å². The van der Waals surface area contributed by atoms with Crippen molar-refractivity contribution >= 4 is 16.0 Å². The molecule has 0 spiro atoms. The lowest BCUT2D eigenvalue weighted by Crippen LogP contribution is -2.39. The standard InChI is InChI=1S/C12H28N4O3S/c1-5-16(20(4,17)18)10-6-8-14-12(13-2)15-9-7-11-19-3/h5-11H2,1-4H3,(H2,13,14,15). The average molecular weight is 308 g/mol. The van der Waals surface area contributed by atoms with Crippen molar-refractivity contribution in [3.05, 3.63) is 0 Å². The number of hydrogen-bond acceptors (Lipinski definition) is 4. The number of ether oxygens (including phenoxy) is 1. The van der Waals surface area contributed by atoms with Crippen molar-refractivity contribution in [2.75, 3.05) is 53.2 Å². The van der Waals surface area contributed by atoms with Gasteiger partial charge in [-0.1, -0.05) is 6.92 Å². The molecule has 0 aromatic carbocycles.